The Balaban J connectivity index is 1.39. The van der Waals surface area contributed by atoms with Crippen LogP contribution in [0.1, 0.15) is 37.1 Å². The molecule has 1 unspecified atom stereocenters. The van der Waals surface area contributed by atoms with Crippen LogP contribution >= 0.6 is 0 Å². The molecule has 0 spiro atoms. The number of nitrogens with one attached hydrogen (secondary N) is 1. The molecule has 1 aromatic heterocycles. The van der Waals surface area contributed by atoms with Crippen molar-refractivity contribution < 1.29 is 4.74 Å². The highest BCUT2D eigenvalue weighted by molar-refractivity contribution is 5.34. The third-order valence-electron chi connectivity index (χ3n) is 4.89. The van der Waals surface area contributed by atoms with Gasteiger partial charge in [-0.05, 0) is 48.4 Å². The predicted molar refractivity (Wildman–Crippen MR) is 119 cm³/mol. The molecule has 1 heterocycles. The molecule has 152 valence electrons. The molecule has 1 atom stereocenters. The summed E-state index contributed by atoms with van der Waals surface area (Å²) in [6.45, 7) is 2.87. The topological polar surface area (TPSA) is 52.0 Å². The molecule has 0 aliphatic rings. The van der Waals surface area contributed by atoms with Crippen LogP contribution in [-0.2, 0) is 6.54 Å². The van der Waals surface area contributed by atoms with Crippen LogP contribution in [-0.4, -0.2) is 15.0 Å². The lowest BCUT2D eigenvalue weighted by atomic mass is 10.0. The molecule has 0 amide bonds. The smallest absolute Gasteiger partial charge is 0.127 e. The SMILES string of the molecule is CCCC(NCc1cnn(-c2ccccc2)n1)c1ccc(Oc2ccccc2)cc1. The average molecular weight is 399 g/mol. The summed E-state index contributed by atoms with van der Waals surface area (Å²) in [5.74, 6) is 1.68. The van der Waals surface area contributed by atoms with Gasteiger partial charge in [-0.2, -0.15) is 15.0 Å². The Hall–Kier alpha value is -3.44. The average Bonchev–Trinajstić information content (AvgIpc) is 3.28. The molecule has 0 aliphatic carbocycles. The predicted octanol–water partition coefficient (Wildman–Crippen LogP) is 5.69. The molecule has 5 nitrogen and oxygen atoms in total. The van der Waals surface area contributed by atoms with E-state index in [1.54, 1.807) is 4.80 Å². The van der Waals surface area contributed by atoms with E-state index in [2.05, 4.69) is 34.6 Å². The van der Waals surface area contributed by atoms with Gasteiger partial charge in [0.2, 0.25) is 0 Å². The minimum absolute atomic E-state index is 0.252. The first-order valence-electron chi connectivity index (χ1n) is 10.3. The second-order valence-electron chi connectivity index (χ2n) is 7.17. The van der Waals surface area contributed by atoms with E-state index in [1.165, 1.54) is 5.56 Å². The van der Waals surface area contributed by atoms with Crippen LogP contribution in [0.15, 0.2) is 91.1 Å². The van der Waals surface area contributed by atoms with Gasteiger partial charge in [0, 0.05) is 12.6 Å². The third-order valence-corrected chi connectivity index (χ3v) is 4.89. The molecule has 4 aromatic rings. The molecule has 0 saturated heterocycles. The zero-order valence-corrected chi connectivity index (χ0v) is 17.1. The Morgan fingerprint density at radius 3 is 2.23 bits per heavy atom. The van der Waals surface area contributed by atoms with Crippen molar-refractivity contribution in [3.05, 3.63) is 102 Å². The van der Waals surface area contributed by atoms with E-state index in [9.17, 15) is 0 Å². The van der Waals surface area contributed by atoms with E-state index in [0.717, 1.165) is 35.7 Å². The lowest BCUT2D eigenvalue weighted by molar-refractivity contribution is 0.476. The highest BCUT2D eigenvalue weighted by atomic mass is 16.5. The van der Waals surface area contributed by atoms with Crippen molar-refractivity contribution in [2.24, 2.45) is 0 Å². The van der Waals surface area contributed by atoms with E-state index in [1.807, 2.05) is 79.0 Å². The summed E-state index contributed by atoms with van der Waals surface area (Å²) in [6.07, 6.45) is 3.96. The van der Waals surface area contributed by atoms with Gasteiger partial charge in [0.1, 0.15) is 11.5 Å². The summed E-state index contributed by atoms with van der Waals surface area (Å²) in [6, 6.07) is 28.4. The molecule has 4 rings (SSSR count). The first-order valence-corrected chi connectivity index (χ1v) is 10.3. The van der Waals surface area contributed by atoms with E-state index in [4.69, 9.17) is 4.74 Å². The fourth-order valence-corrected chi connectivity index (χ4v) is 3.36. The van der Waals surface area contributed by atoms with Crippen LogP contribution in [0.25, 0.3) is 5.69 Å². The zero-order chi connectivity index (χ0) is 20.6. The van der Waals surface area contributed by atoms with Gasteiger partial charge in [-0.15, -0.1) is 0 Å². The van der Waals surface area contributed by atoms with Crippen molar-refractivity contribution in [2.75, 3.05) is 0 Å². The fourth-order valence-electron chi connectivity index (χ4n) is 3.36. The van der Waals surface area contributed by atoms with Gasteiger partial charge in [-0.1, -0.05) is 61.9 Å². The third kappa shape index (κ3) is 5.13. The molecule has 0 radical (unpaired) electrons. The van der Waals surface area contributed by atoms with Crippen LogP contribution in [0, 0.1) is 0 Å². The second-order valence-corrected chi connectivity index (χ2v) is 7.17. The number of hydrogen-bond donors (Lipinski definition) is 1. The number of benzene rings is 3. The number of aromatic nitrogens is 3. The highest BCUT2D eigenvalue weighted by Crippen LogP contribution is 2.25. The maximum absolute atomic E-state index is 5.91. The van der Waals surface area contributed by atoms with Gasteiger partial charge in [0.05, 0.1) is 17.6 Å². The Kier molecular flexibility index (Phi) is 6.52. The summed E-state index contributed by atoms with van der Waals surface area (Å²) in [7, 11) is 0. The Morgan fingerprint density at radius 2 is 1.53 bits per heavy atom. The first kappa shape index (κ1) is 19.9. The molecule has 3 aromatic carbocycles. The largest absolute Gasteiger partial charge is 0.457 e. The molecule has 1 N–H and O–H groups in total. The summed E-state index contributed by atoms with van der Waals surface area (Å²) >= 11 is 0. The van der Waals surface area contributed by atoms with E-state index in [0.29, 0.717) is 6.54 Å². The second kappa shape index (κ2) is 9.85. The maximum atomic E-state index is 5.91. The van der Waals surface area contributed by atoms with Crippen molar-refractivity contribution in [1.29, 1.82) is 0 Å². The summed E-state index contributed by atoms with van der Waals surface area (Å²) < 4.78 is 5.91. The Bertz CT molecular complexity index is 1030. The van der Waals surface area contributed by atoms with E-state index in [-0.39, 0.29) is 6.04 Å². The van der Waals surface area contributed by atoms with Crippen LogP contribution < -0.4 is 10.1 Å². The number of hydrogen-bond acceptors (Lipinski definition) is 4. The van der Waals surface area contributed by atoms with Crippen LogP contribution in [0.5, 0.6) is 11.5 Å². The van der Waals surface area contributed by atoms with Gasteiger partial charge in [-0.25, -0.2) is 0 Å². The number of ether oxygens (including phenoxy) is 1. The van der Waals surface area contributed by atoms with Gasteiger partial charge >= 0.3 is 0 Å². The van der Waals surface area contributed by atoms with E-state index < -0.39 is 0 Å². The van der Waals surface area contributed by atoms with Crippen molar-refractivity contribution in [3.8, 4) is 17.2 Å². The van der Waals surface area contributed by atoms with Gasteiger partial charge in [0.25, 0.3) is 0 Å². The van der Waals surface area contributed by atoms with Crippen LogP contribution in [0.3, 0.4) is 0 Å². The van der Waals surface area contributed by atoms with Crippen molar-refractivity contribution in [1.82, 2.24) is 20.3 Å². The molecule has 30 heavy (non-hydrogen) atoms. The molecule has 0 fully saturated rings. The summed E-state index contributed by atoms with van der Waals surface area (Å²) in [5, 5.41) is 12.6. The molecule has 0 bridgehead atoms. The Morgan fingerprint density at radius 1 is 0.867 bits per heavy atom. The Labute approximate surface area is 177 Å². The number of nitrogens with zero attached hydrogens (tertiary/aromatic N) is 3. The van der Waals surface area contributed by atoms with Gasteiger partial charge in [-0.3, -0.25) is 0 Å². The standard InChI is InChI=1S/C25H26N4O/c1-2-9-25(20-14-16-24(17-15-20)30-23-12-7-4-8-13-23)26-18-21-19-27-29(28-21)22-10-5-3-6-11-22/h3-8,10-17,19,25-26H,2,9,18H2,1H3. The lowest BCUT2D eigenvalue weighted by Crippen LogP contribution is -2.21. The van der Waals surface area contributed by atoms with Crippen molar-refractivity contribution in [2.45, 2.75) is 32.4 Å². The lowest BCUT2D eigenvalue weighted by Gasteiger charge is -2.18. The van der Waals surface area contributed by atoms with E-state index >= 15 is 0 Å². The molecule has 0 aliphatic heterocycles. The molecular weight excluding hydrogens is 372 g/mol. The summed E-state index contributed by atoms with van der Waals surface area (Å²) in [4.78, 5) is 1.67. The first-order chi connectivity index (χ1) is 14.8. The minimum atomic E-state index is 0.252. The van der Waals surface area contributed by atoms with Gasteiger partial charge in [0.15, 0.2) is 0 Å². The van der Waals surface area contributed by atoms with Crippen LogP contribution in [0.4, 0.5) is 0 Å². The minimum Gasteiger partial charge on any atom is -0.457 e. The number of rotatable bonds is 9. The quantitative estimate of drug-likeness (QED) is 0.393. The van der Waals surface area contributed by atoms with Crippen molar-refractivity contribution >= 4 is 0 Å². The van der Waals surface area contributed by atoms with Crippen LogP contribution in [0.2, 0.25) is 0 Å². The zero-order valence-electron chi connectivity index (χ0n) is 17.1. The maximum Gasteiger partial charge on any atom is 0.127 e. The molecule has 0 saturated carbocycles. The normalized spacial score (nSPS) is 11.9. The van der Waals surface area contributed by atoms with Crippen molar-refractivity contribution in [3.63, 3.8) is 0 Å². The monoisotopic (exact) mass is 398 g/mol. The highest BCUT2D eigenvalue weighted by Gasteiger charge is 2.12. The fraction of sp³-hybridized carbons (Fsp3) is 0.200. The summed E-state index contributed by atoms with van der Waals surface area (Å²) in [5.41, 5.74) is 3.12. The molecular formula is C25H26N4O. The van der Waals surface area contributed by atoms with Gasteiger partial charge < -0.3 is 10.1 Å². The number of para-hydroxylation sites is 2. The molecule has 5 heteroatoms.